The molecule has 2 aliphatic rings. The highest BCUT2D eigenvalue weighted by molar-refractivity contribution is 5.86. The number of ether oxygens (including phenoxy) is 1. The molecule has 0 N–H and O–H groups in total. The molecule has 0 spiro atoms. The molecular weight excluding hydrogens is 304 g/mol. The minimum Gasteiger partial charge on any atom is -0.461 e. The molecule has 1 fully saturated rings. The van der Waals surface area contributed by atoms with E-state index in [4.69, 9.17) is 9.15 Å². The first-order valence-corrected chi connectivity index (χ1v) is 8.49. The maximum absolute atomic E-state index is 12.1. The molecule has 0 amide bonds. The summed E-state index contributed by atoms with van der Waals surface area (Å²) in [5.74, 6) is 2.55. The minimum atomic E-state index is -0.378. The molecule has 2 aromatic rings. The van der Waals surface area contributed by atoms with Crippen LogP contribution in [0.25, 0.3) is 6.08 Å². The van der Waals surface area contributed by atoms with Gasteiger partial charge in [-0.3, -0.25) is 9.97 Å². The van der Waals surface area contributed by atoms with Gasteiger partial charge in [-0.2, -0.15) is 0 Å². The van der Waals surface area contributed by atoms with E-state index in [1.807, 2.05) is 12.1 Å². The third kappa shape index (κ3) is 3.11. The van der Waals surface area contributed by atoms with Gasteiger partial charge in [0.2, 0.25) is 0 Å². The van der Waals surface area contributed by atoms with Gasteiger partial charge in [0.1, 0.15) is 23.3 Å². The number of aryl methyl sites for hydroxylation is 1. The average Bonchev–Trinajstić information content (AvgIpc) is 3.14. The van der Waals surface area contributed by atoms with Crippen molar-refractivity contribution in [2.24, 2.45) is 5.92 Å². The van der Waals surface area contributed by atoms with Gasteiger partial charge in [-0.25, -0.2) is 4.79 Å². The smallest absolute Gasteiger partial charge is 0.331 e. The molecule has 5 heteroatoms. The van der Waals surface area contributed by atoms with E-state index in [0.29, 0.717) is 17.6 Å². The van der Waals surface area contributed by atoms with Crippen molar-refractivity contribution in [1.29, 1.82) is 0 Å². The fourth-order valence-electron chi connectivity index (χ4n) is 3.25. The van der Waals surface area contributed by atoms with E-state index in [1.165, 1.54) is 12.5 Å². The zero-order valence-electron chi connectivity index (χ0n) is 13.6. The van der Waals surface area contributed by atoms with Gasteiger partial charge in [0.25, 0.3) is 0 Å². The topological polar surface area (TPSA) is 65.2 Å². The van der Waals surface area contributed by atoms with Gasteiger partial charge in [-0.15, -0.1) is 0 Å². The summed E-state index contributed by atoms with van der Waals surface area (Å²) in [6.07, 6.45) is 9.91. The van der Waals surface area contributed by atoms with E-state index in [9.17, 15) is 4.79 Å². The van der Waals surface area contributed by atoms with Gasteiger partial charge >= 0.3 is 5.97 Å². The molecule has 0 bridgehead atoms. The lowest BCUT2D eigenvalue weighted by Crippen LogP contribution is -2.18. The summed E-state index contributed by atoms with van der Waals surface area (Å²) in [4.78, 5) is 20.7. The van der Waals surface area contributed by atoms with Crippen LogP contribution < -0.4 is 0 Å². The molecule has 5 nitrogen and oxygen atoms in total. The maximum atomic E-state index is 12.1. The zero-order valence-corrected chi connectivity index (χ0v) is 13.6. The molecule has 0 aromatic carbocycles. The van der Waals surface area contributed by atoms with Gasteiger partial charge in [-0.1, -0.05) is 6.92 Å². The fourth-order valence-corrected chi connectivity index (χ4v) is 3.25. The molecular formula is C19H20N2O3. The Labute approximate surface area is 140 Å². The Kier molecular flexibility index (Phi) is 3.92. The van der Waals surface area contributed by atoms with Crippen molar-refractivity contribution in [2.45, 2.75) is 44.6 Å². The van der Waals surface area contributed by atoms with Crippen LogP contribution >= 0.6 is 0 Å². The van der Waals surface area contributed by atoms with E-state index >= 15 is 0 Å². The number of rotatable bonds is 4. The predicted octanol–water partition coefficient (Wildman–Crippen LogP) is 3.83. The van der Waals surface area contributed by atoms with Crippen molar-refractivity contribution in [3.63, 3.8) is 0 Å². The molecule has 24 heavy (non-hydrogen) atoms. The molecule has 1 saturated carbocycles. The highest BCUT2D eigenvalue weighted by Crippen LogP contribution is 2.47. The second-order valence-electron chi connectivity index (χ2n) is 6.60. The van der Waals surface area contributed by atoms with Gasteiger partial charge in [0.05, 0.1) is 5.69 Å². The minimum absolute atomic E-state index is 0.306. The van der Waals surface area contributed by atoms with Crippen molar-refractivity contribution in [3.05, 3.63) is 53.5 Å². The quantitative estimate of drug-likeness (QED) is 0.632. The highest BCUT2D eigenvalue weighted by atomic mass is 16.5. The van der Waals surface area contributed by atoms with Crippen molar-refractivity contribution in [1.82, 2.24) is 9.97 Å². The van der Waals surface area contributed by atoms with Gasteiger partial charge in [-0.05, 0) is 49.8 Å². The zero-order chi connectivity index (χ0) is 16.5. The van der Waals surface area contributed by atoms with E-state index < -0.39 is 0 Å². The van der Waals surface area contributed by atoms with Crippen LogP contribution in [0.5, 0.6) is 0 Å². The molecule has 124 valence electrons. The molecule has 4 rings (SSSR count). The first-order chi connectivity index (χ1) is 11.7. The SMILES string of the molecule is CC1CC1c1ccc(/C=C/C(=O)OC2CCCc3nccnc32)o1. The van der Waals surface area contributed by atoms with Crippen LogP contribution in [0.15, 0.2) is 35.0 Å². The number of carbonyl (C=O) groups is 1. The van der Waals surface area contributed by atoms with Crippen molar-refractivity contribution in [3.8, 4) is 0 Å². The summed E-state index contributed by atoms with van der Waals surface area (Å²) < 4.78 is 11.3. The number of nitrogens with zero attached hydrogens (tertiary/aromatic N) is 2. The van der Waals surface area contributed by atoms with Crippen LogP contribution in [0.4, 0.5) is 0 Å². The number of esters is 1. The molecule has 3 unspecified atom stereocenters. The van der Waals surface area contributed by atoms with Crippen LogP contribution in [0.3, 0.4) is 0 Å². The Hall–Kier alpha value is -2.43. The van der Waals surface area contributed by atoms with Crippen molar-refractivity contribution >= 4 is 12.0 Å². The van der Waals surface area contributed by atoms with E-state index in [-0.39, 0.29) is 12.1 Å². The summed E-state index contributed by atoms with van der Waals surface area (Å²) in [5, 5.41) is 0. The Morgan fingerprint density at radius 2 is 2.17 bits per heavy atom. The van der Waals surface area contributed by atoms with Crippen LogP contribution in [0.1, 0.15) is 61.1 Å². The molecule has 0 radical (unpaired) electrons. The van der Waals surface area contributed by atoms with Crippen LogP contribution in [-0.2, 0) is 16.0 Å². The highest BCUT2D eigenvalue weighted by Gasteiger charge is 2.36. The normalized spacial score (nSPS) is 25.5. The Bertz CT molecular complexity index is 780. The summed E-state index contributed by atoms with van der Waals surface area (Å²) in [6.45, 7) is 2.21. The van der Waals surface area contributed by atoms with Crippen LogP contribution in [0.2, 0.25) is 0 Å². The lowest BCUT2D eigenvalue weighted by molar-refractivity contribution is -0.144. The number of furan rings is 1. The van der Waals surface area contributed by atoms with E-state index in [1.54, 1.807) is 18.5 Å². The number of carbonyl (C=O) groups excluding carboxylic acids is 1. The molecule has 2 heterocycles. The first kappa shape index (κ1) is 15.1. The first-order valence-electron chi connectivity index (χ1n) is 8.49. The maximum Gasteiger partial charge on any atom is 0.331 e. The Morgan fingerprint density at radius 3 is 3.00 bits per heavy atom. The standard InChI is InChI=1S/C19H20N2O3/c1-12-11-14(12)16-7-5-13(23-16)6-8-18(22)24-17-4-2-3-15-19(17)21-10-9-20-15/h5-10,12,14,17H,2-4,11H2,1H3/b8-6+. The summed E-state index contributed by atoms with van der Waals surface area (Å²) in [5.41, 5.74) is 1.72. The number of hydrogen-bond donors (Lipinski definition) is 0. The molecule has 3 atom stereocenters. The summed E-state index contributed by atoms with van der Waals surface area (Å²) in [7, 11) is 0. The van der Waals surface area contributed by atoms with Gasteiger partial charge in [0.15, 0.2) is 0 Å². The fraction of sp³-hybridized carbons (Fsp3) is 0.421. The average molecular weight is 324 g/mol. The van der Waals surface area contributed by atoms with Gasteiger partial charge < -0.3 is 9.15 Å². The van der Waals surface area contributed by atoms with Crippen molar-refractivity contribution < 1.29 is 13.9 Å². The van der Waals surface area contributed by atoms with Crippen molar-refractivity contribution in [2.75, 3.05) is 0 Å². The Morgan fingerprint density at radius 1 is 1.33 bits per heavy atom. The summed E-state index contributed by atoms with van der Waals surface area (Å²) >= 11 is 0. The number of aromatic nitrogens is 2. The predicted molar refractivity (Wildman–Crippen MR) is 88.1 cm³/mol. The van der Waals surface area contributed by atoms with E-state index in [0.717, 1.165) is 36.4 Å². The van der Waals surface area contributed by atoms with Gasteiger partial charge in [0, 0.05) is 24.4 Å². The van der Waals surface area contributed by atoms with E-state index in [2.05, 4.69) is 16.9 Å². The molecule has 2 aromatic heterocycles. The third-order valence-electron chi connectivity index (χ3n) is 4.76. The summed E-state index contributed by atoms with van der Waals surface area (Å²) in [6, 6.07) is 3.89. The molecule has 0 aliphatic heterocycles. The Balaban J connectivity index is 1.39. The second kappa shape index (κ2) is 6.23. The number of hydrogen-bond acceptors (Lipinski definition) is 5. The lowest BCUT2D eigenvalue weighted by Gasteiger charge is -2.22. The molecule has 0 saturated heterocycles. The monoisotopic (exact) mass is 324 g/mol. The second-order valence-corrected chi connectivity index (χ2v) is 6.60. The largest absolute Gasteiger partial charge is 0.461 e. The lowest BCUT2D eigenvalue weighted by atomic mass is 9.97. The third-order valence-corrected chi connectivity index (χ3v) is 4.76. The van der Waals surface area contributed by atoms with Crippen LogP contribution in [-0.4, -0.2) is 15.9 Å². The number of fused-ring (bicyclic) bond motifs is 1. The molecule has 2 aliphatic carbocycles. The van der Waals surface area contributed by atoms with Crippen LogP contribution in [0, 0.1) is 5.92 Å².